The molecule has 8 atom stereocenters. The first-order chi connectivity index (χ1) is 12.7. The standard InChI is InChI=1S/C23H34O4/c1-13-9-17-16-6-5-14-10-15(24)7-8-22(14,2)21(16)18(25)11-23(17,3)20(13)19(26)12-27-4/h13-14,16-17,20-21H,5-12H2,1-4H3/t13-,14+,16+,17+,20-,21-,22+,23+/m1/s1. The van der Waals surface area contributed by atoms with Crippen LogP contribution in [0.2, 0.25) is 0 Å². The lowest BCUT2D eigenvalue weighted by atomic mass is 9.44. The Hall–Kier alpha value is -1.03. The topological polar surface area (TPSA) is 60.4 Å². The largest absolute Gasteiger partial charge is 0.377 e. The second-order valence-corrected chi connectivity index (χ2v) is 10.5. The van der Waals surface area contributed by atoms with Crippen LogP contribution in [0.25, 0.3) is 0 Å². The third kappa shape index (κ3) is 2.69. The van der Waals surface area contributed by atoms with E-state index in [0.29, 0.717) is 54.5 Å². The zero-order valence-corrected chi connectivity index (χ0v) is 17.3. The summed E-state index contributed by atoms with van der Waals surface area (Å²) in [5.41, 5.74) is -0.242. The lowest BCUT2D eigenvalue weighted by Crippen LogP contribution is -2.57. The Morgan fingerprint density at radius 2 is 1.93 bits per heavy atom. The minimum Gasteiger partial charge on any atom is -0.377 e. The second kappa shape index (κ2) is 6.50. The molecule has 4 nitrogen and oxygen atoms in total. The van der Waals surface area contributed by atoms with Gasteiger partial charge in [0.05, 0.1) is 0 Å². The van der Waals surface area contributed by atoms with Crippen molar-refractivity contribution < 1.29 is 19.1 Å². The van der Waals surface area contributed by atoms with Crippen molar-refractivity contribution in [2.24, 2.45) is 46.3 Å². The number of hydrogen-bond donors (Lipinski definition) is 0. The van der Waals surface area contributed by atoms with Gasteiger partial charge in [-0.15, -0.1) is 0 Å². The van der Waals surface area contributed by atoms with Gasteiger partial charge in [-0.3, -0.25) is 14.4 Å². The predicted molar refractivity (Wildman–Crippen MR) is 102 cm³/mol. The highest BCUT2D eigenvalue weighted by Crippen LogP contribution is 2.67. The molecule has 4 fully saturated rings. The minimum atomic E-state index is -0.221. The Morgan fingerprint density at radius 1 is 1.19 bits per heavy atom. The monoisotopic (exact) mass is 374 g/mol. The first-order valence-electron chi connectivity index (χ1n) is 10.8. The van der Waals surface area contributed by atoms with Crippen LogP contribution in [0.4, 0.5) is 0 Å². The number of ether oxygens (including phenoxy) is 1. The first kappa shape index (κ1) is 19.3. The molecule has 0 aromatic rings. The molecule has 0 bridgehead atoms. The number of ketones is 3. The Morgan fingerprint density at radius 3 is 2.63 bits per heavy atom. The van der Waals surface area contributed by atoms with Crippen LogP contribution >= 0.6 is 0 Å². The molecule has 4 aliphatic carbocycles. The van der Waals surface area contributed by atoms with E-state index in [-0.39, 0.29) is 35.1 Å². The molecule has 150 valence electrons. The molecule has 4 aliphatic rings. The van der Waals surface area contributed by atoms with Crippen LogP contribution < -0.4 is 0 Å². The molecule has 4 saturated carbocycles. The van der Waals surface area contributed by atoms with Crippen LogP contribution in [-0.2, 0) is 19.1 Å². The van der Waals surface area contributed by atoms with Crippen LogP contribution in [0, 0.1) is 46.3 Å². The quantitative estimate of drug-likeness (QED) is 0.753. The Labute approximate surface area is 162 Å². The molecule has 0 unspecified atom stereocenters. The zero-order valence-electron chi connectivity index (χ0n) is 17.3. The zero-order chi connectivity index (χ0) is 19.6. The van der Waals surface area contributed by atoms with Crippen molar-refractivity contribution in [2.45, 2.75) is 65.7 Å². The van der Waals surface area contributed by atoms with Crippen LogP contribution in [0.3, 0.4) is 0 Å². The third-order valence-electron chi connectivity index (χ3n) is 9.14. The van der Waals surface area contributed by atoms with Crippen molar-refractivity contribution in [1.82, 2.24) is 0 Å². The normalized spacial score (nSPS) is 49.3. The van der Waals surface area contributed by atoms with Crippen LogP contribution in [0.15, 0.2) is 0 Å². The summed E-state index contributed by atoms with van der Waals surface area (Å²) in [6, 6.07) is 0. The number of carbonyl (C=O) groups is 3. The smallest absolute Gasteiger partial charge is 0.162 e. The fourth-order valence-corrected chi connectivity index (χ4v) is 8.15. The molecule has 0 radical (unpaired) electrons. The lowest BCUT2D eigenvalue weighted by molar-refractivity contribution is -0.162. The third-order valence-corrected chi connectivity index (χ3v) is 9.14. The van der Waals surface area contributed by atoms with Crippen molar-refractivity contribution in [3.8, 4) is 0 Å². The highest BCUT2D eigenvalue weighted by atomic mass is 16.5. The molecule has 0 aromatic heterocycles. The van der Waals surface area contributed by atoms with Gasteiger partial charge < -0.3 is 4.74 Å². The predicted octanol–water partition coefficient (Wildman–Crippen LogP) is 3.85. The lowest BCUT2D eigenvalue weighted by Gasteiger charge is -2.59. The van der Waals surface area contributed by atoms with Gasteiger partial charge in [-0.1, -0.05) is 20.8 Å². The maximum Gasteiger partial charge on any atom is 0.162 e. The van der Waals surface area contributed by atoms with E-state index < -0.39 is 0 Å². The van der Waals surface area contributed by atoms with E-state index in [0.717, 1.165) is 25.7 Å². The van der Waals surface area contributed by atoms with Gasteiger partial charge in [-0.25, -0.2) is 0 Å². The number of methoxy groups -OCH3 is 1. The molecular weight excluding hydrogens is 340 g/mol. The van der Waals surface area contributed by atoms with Gasteiger partial charge in [-0.05, 0) is 60.2 Å². The maximum atomic E-state index is 13.5. The molecule has 27 heavy (non-hydrogen) atoms. The van der Waals surface area contributed by atoms with E-state index in [1.165, 1.54) is 0 Å². The fourth-order valence-electron chi connectivity index (χ4n) is 8.15. The molecule has 0 amide bonds. The number of rotatable bonds is 3. The summed E-state index contributed by atoms with van der Waals surface area (Å²) >= 11 is 0. The Bertz CT molecular complexity index is 669. The average Bonchev–Trinajstić information content (AvgIpc) is 2.85. The van der Waals surface area contributed by atoms with E-state index in [2.05, 4.69) is 20.8 Å². The number of Topliss-reactive ketones (excluding diaryl/α,β-unsaturated/α-hetero) is 3. The minimum absolute atomic E-state index is 0.0207. The number of fused-ring (bicyclic) bond motifs is 5. The first-order valence-corrected chi connectivity index (χ1v) is 10.8. The molecule has 0 saturated heterocycles. The summed E-state index contributed by atoms with van der Waals surface area (Å²) in [5, 5.41) is 0. The van der Waals surface area contributed by atoms with Crippen molar-refractivity contribution >= 4 is 17.3 Å². The van der Waals surface area contributed by atoms with Gasteiger partial charge in [-0.2, -0.15) is 0 Å². The van der Waals surface area contributed by atoms with Crippen molar-refractivity contribution in [3.05, 3.63) is 0 Å². The summed E-state index contributed by atoms with van der Waals surface area (Å²) in [6.07, 6.45) is 5.85. The molecule has 0 spiro atoms. The van der Waals surface area contributed by atoms with Crippen LogP contribution in [0.5, 0.6) is 0 Å². The van der Waals surface area contributed by atoms with Gasteiger partial charge in [0.2, 0.25) is 0 Å². The van der Waals surface area contributed by atoms with Gasteiger partial charge in [0.15, 0.2) is 5.78 Å². The van der Waals surface area contributed by atoms with Crippen LogP contribution in [-0.4, -0.2) is 31.1 Å². The molecule has 4 heteroatoms. The van der Waals surface area contributed by atoms with Crippen molar-refractivity contribution in [3.63, 3.8) is 0 Å². The molecule has 0 aliphatic heterocycles. The fraction of sp³-hybridized carbons (Fsp3) is 0.870. The van der Waals surface area contributed by atoms with E-state index >= 15 is 0 Å². The Balaban J connectivity index is 1.68. The van der Waals surface area contributed by atoms with Gasteiger partial charge in [0.1, 0.15) is 18.2 Å². The summed E-state index contributed by atoms with van der Waals surface area (Å²) in [5.74, 6) is 2.45. The van der Waals surface area contributed by atoms with Crippen molar-refractivity contribution in [1.29, 1.82) is 0 Å². The summed E-state index contributed by atoms with van der Waals surface area (Å²) in [4.78, 5) is 38.4. The number of carbonyl (C=O) groups excluding carboxylic acids is 3. The van der Waals surface area contributed by atoms with Gasteiger partial charge in [0.25, 0.3) is 0 Å². The SMILES string of the molecule is COCC(=O)[C@H]1[C@H](C)C[C@H]2[C@@H]3CC[C@H]4CC(=O)CC[C@]4(C)[C@H]3C(=O)C[C@@]21C. The molecule has 0 aromatic carbocycles. The summed E-state index contributed by atoms with van der Waals surface area (Å²) in [7, 11) is 1.58. The van der Waals surface area contributed by atoms with E-state index in [1.807, 2.05) is 0 Å². The van der Waals surface area contributed by atoms with E-state index in [9.17, 15) is 14.4 Å². The number of hydrogen-bond acceptors (Lipinski definition) is 4. The van der Waals surface area contributed by atoms with Gasteiger partial charge >= 0.3 is 0 Å². The molecular formula is C23H34O4. The summed E-state index contributed by atoms with van der Waals surface area (Å²) in [6.45, 7) is 6.83. The van der Waals surface area contributed by atoms with E-state index in [4.69, 9.17) is 4.74 Å². The molecule has 4 rings (SSSR count). The second-order valence-electron chi connectivity index (χ2n) is 10.5. The highest BCUT2D eigenvalue weighted by molar-refractivity contribution is 5.89. The Kier molecular flexibility index (Phi) is 4.65. The highest BCUT2D eigenvalue weighted by Gasteiger charge is 2.65. The molecule has 0 N–H and O–H groups in total. The van der Waals surface area contributed by atoms with Gasteiger partial charge in [0, 0.05) is 38.2 Å². The summed E-state index contributed by atoms with van der Waals surface area (Å²) < 4.78 is 5.15. The maximum absolute atomic E-state index is 13.5. The van der Waals surface area contributed by atoms with Crippen LogP contribution in [0.1, 0.15) is 65.7 Å². The average molecular weight is 375 g/mol. The van der Waals surface area contributed by atoms with E-state index in [1.54, 1.807) is 7.11 Å². The van der Waals surface area contributed by atoms with Crippen molar-refractivity contribution in [2.75, 3.05) is 13.7 Å². The molecule has 0 heterocycles.